The van der Waals surface area contributed by atoms with E-state index in [9.17, 15) is 4.79 Å². The molecule has 0 bridgehead atoms. The Morgan fingerprint density at radius 2 is 1.90 bits per heavy atom. The monoisotopic (exact) mass is 295 g/mol. The van der Waals surface area contributed by atoms with Crippen LogP contribution in [0.5, 0.6) is 0 Å². The number of aliphatic hydroxyl groups excluding tert-OH is 1. The quantitative estimate of drug-likeness (QED) is 0.759. The van der Waals surface area contributed by atoms with Crippen LogP contribution in [-0.4, -0.2) is 28.9 Å². The summed E-state index contributed by atoms with van der Waals surface area (Å²) in [6, 6.07) is 7.68. The number of carbonyl (C=O) groups excluding carboxylic acids is 1. The van der Waals surface area contributed by atoms with Crippen LogP contribution < -0.4 is 5.32 Å². The molecule has 0 saturated carbocycles. The fourth-order valence-corrected chi connectivity index (χ4v) is 2.92. The number of thioether (sulfide) groups is 1. The van der Waals surface area contributed by atoms with Gasteiger partial charge in [0.15, 0.2) is 0 Å². The normalized spacial score (nSPS) is 12.8. The molecule has 0 spiro atoms. The number of hydrogen-bond donors (Lipinski definition) is 2. The van der Waals surface area contributed by atoms with E-state index in [0.717, 1.165) is 10.5 Å². The van der Waals surface area contributed by atoms with Crippen LogP contribution in [-0.2, 0) is 0 Å². The molecule has 4 heteroatoms. The van der Waals surface area contributed by atoms with Crippen LogP contribution in [0.2, 0.25) is 0 Å². The maximum absolute atomic E-state index is 12.4. The summed E-state index contributed by atoms with van der Waals surface area (Å²) in [4.78, 5) is 13.4. The van der Waals surface area contributed by atoms with Crippen LogP contribution in [0.15, 0.2) is 29.2 Å². The van der Waals surface area contributed by atoms with Crippen molar-refractivity contribution in [3.8, 4) is 0 Å². The molecule has 1 atom stereocenters. The van der Waals surface area contributed by atoms with Crippen molar-refractivity contribution in [1.29, 1.82) is 0 Å². The van der Waals surface area contributed by atoms with E-state index in [0.29, 0.717) is 17.6 Å². The summed E-state index contributed by atoms with van der Waals surface area (Å²) >= 11 is 1.69. The van der Waals surface area contributed by atoms with Crippen molar-refractivity contribution in [3.63, 3.8) is 0 Å². The van der Waals surface area contributed by atoms with Crippen molar-refractivity contribution in [3.05, 3.63) is 29.8 Å². The summed E-state index contributed by atoms with van der Waals surface area (Å²) in [5.74, 6) is 0.247. The Bertz CT molecular complexity index is 432. The van der Waals surface area contributed by atoms with Gasteiger partial charge in [-0.3, -0.25) is 4.79 Å². The average molecular weight is 295 g/mol. The lowest BCUT2D eigenvalue weighted by Crippen LogP contribution is -2.39. The van der Waals surface area contributed by atoms with E-state index >= 15 is 0 Å². The second-order valence-corrected chi connectivity index (χ2v) is 7.12. The van der Waals surface area contributed by atoms with Gasteiger partial charge in [-0.25, -0.2) is 0 Å². The predicted molar refractivity (Wildman–Crippen MR) is 85.2 cm³/mol. The standard InChI is InChI=1S/C16H25NO2S/c1-11(2)14(9-10-18)17-16(19)13-7-5-6-8-15(13)20-12(3)4/h5-8,11-12,14,18H,9-10H2,1-4H3,(H,17,19). The molecule has 2 N–H and O–H groups in total. The molecule has 0 aliphatic rings. The molecular weight excluding hydrogens is 270 g/mol. The highest BCUT2D eigenvalue weighted by Crippen LogP contribution is 2.26. The third-order valence-electron chi connectivity index (χ3n) is 3.06. The highest BCUT2D eigenvalue weighted by molar-refractivity contribution is 8.00. The summed E-state index contributed by atoms with van der Waals surface area (Å²) in [6.45, 7) is 8.42. The Kier molecular flexibility index (Phi) is 7.10. The molecule has 0 aromatic heterocycles. The molecule has 112 valence electrons. The first-order valence-electron chi connectivity index (χ1n) is 7.13. The van der Waals surface area contributed by atoms with Gasteiger partial charge >= 0.3 is 0 Å². The van der Waals surface area contributed by atoms with Gasteiger partial charge in [-0.05, 0) is 24.5 Å². The zero-order chi connectivity index (χ0) is 15.1. The third kappa shape index (κ3) is 5.17. The number of aliphatic hydroxyl groups is 1. The lowest BCUT2D eigenvalue weighted by Gasteiger charge is -2.22. The number of amides is 1. The zero-order valence-corrected chi connectivity index (χ0v) is 13.5. The van der Waals surface area contributed by atoms with Gasteiger partial charge < -0.3 is 10.4 Å². The Hall–Kier alpha value is -1.00. The molecule has 0 heterocycles. The van der Waals surface area contributed by atoms with Crippen molar-refractivity contribution >= 4 is 17.7 Å². The summed E-state index contributed by atoms with van der Waals surface area (Å²) in [7, 11) is 0. The molecular formula is C16H25NO2S. The first-order chi connectivity index (χ1) is 9.45. The summed E-state index contributed by atoms with van der Waals surface area (Å²) in [5, 5.41) is 12.6. The van der Waals surface area contributed by atoms with Crippen LogP contribution in [0.4, 0.5) is 0 Å². The largest absolute Gasteiger partial charge is 0.396 e. The maximum atomic E-state index is 12.4. The van der Waals surface area contributed by atoms with Gasteiger partial charge in [-0.1, -0.05) is 39.8 Å². The minimum Gasteiger partial charge on any atom is -0.396 e. The van der Waals surface area contributed by atoms with Gasteiger partial charge in [0.05, 0.1) is 5.56 Å². The van der Waals surface area contributed by atoms with E-state index in [2.05, 4.69) is 33.0 Å². The second kappa shape index (κ2) is 8.32. The molecule has 1 unspecified atom stereocenters. The Labute approximate surface area is 126 Å². The van der Waals surface area contributed by atoms with Crippen LogP contribution in [0, 0.1) is 5.92 Å². The van der Waals surface area contributed by atoms with Crippen molar-refractivity contribution < 1.29 is 9.90 Å². The molecule has 20 heavy (non-hydrogen) atoms. The summed E-state index contributed by atoms with van der Waals surface area (Å²) in [5.41, 5.74) is 0.717. The molecule has 0 aliphatic heterocycles. The SMILES string of the molecule is CC(C)Sc1ccccc1C(=O)NC(CCO)C(C)C. The van der Waals surface area contributed by atoms with Crippen molar-refractivity contribution in [2.45, 2.75) is 50.3 Å². The third-order valence-corrected chi connectivity index (χ3v) is 4.14. The van der Waals surface area contributed by atoms with Crippen molar-refractivity contribution in [1.82, 2.24) is 5.32 Å². The summed E-state index contributed by atoms with van der Waals surface area (Å²) < 4.78 is 0. The van der Waals surface area contributed by atoms with Gasteiger partial charge in [0, 0.05) is 22.8 Å². The first-order valence-corrected chi connectivity index (χ1v) is 8.01. The number of benzene rings is 1. The fourth-order valence-electron chi connectivity index (χ4n) is 1.97. The molecule has 0 saturated heterocycles. The predicted octanol–water partition coefficient (Wildman–Crippen LogP) is 3.32. The van der Waals surface area contributed by atoms with Crippen molar-refractivity contribution in [2.75, 3.05) is 6.61 Å². The van der Waals surface area contributed by atoms with E-state index < -0.39 is 0 Å². The number of hydrogen-bond acceptors (Lipinski definition) is 3. The van der Waals surface area contributed by atoms with Crippen molar-refractivity contribution in [2.24, 2.45) is 5.92 Å². The Morgan fingerprint density at radius 3 is 2.45 bits per heavy atom. The Balaban J connectivity index is 2.85. The minimum absolute atomic E-state index is 0.00426. The zero-order valence-electron chi connectivity index (χ0n) is 12.7. The highest BCUT2D eigenvalue weighted by atomic mass is 32.2. The van der Waals surface area contributed by atoms with Gasteiger partial charge in [-0.2, -0.15) is 0 Å². The highest BCUT2D eigenvalue weighted by Gasteiger charge is 2.18. The first kappa shape index (κ1) is 17.1. The number of nitrogens with one attached hydrogen (secondary N) is 1. The van der Waals surface area contributed by atoms with E-state index in [1.807, 2.05) is 24.3 Å². The molecule has 1 rings (SSSR count). The van der Waals surface area contributed by atoms with Gasteiger partial charge in [-0.15, -0.1) is 11.8 Å². The lowest BCUT2D eigenvalue weighted by molar-refractivity contribution is 0.0913. The average Bonchev–Trinajstić information content (AvgIpc) is 2.37. The molecule has 1 amide bonds. The van der Waals surface area contributed by atoms with Crippen LogP contribution in [0.25, 0.3) is 0 Å². The minimum atomic E-state index is -0.0547. The van der Waals surface area contributed by atoms with Gasteiger partial charge in [0.2, 0.25) is 0 Å². The smallest absolute Gasteiger partial charge is 0.252 e. The molecule has 0 aliphatic carbocycles. The van der Waals surface area contributed by atoms with Gasteiger partial charge in [0.1, 0.15) is 0 Å². The molecule has 0 radical (unpaired) electrons. The van der Waals surface area contributed by atoms with Crippen LogP contribution >= 0.6 is 11.8 Å². The van der Waals surface area contributed by atoms with E-state index in [4.69, 9.17) is 5.11 Å². The fraction of sp³-hybridized carbons (Fsp3) is 0.562. The molecule has 1 aromatic carbocycles. The van der Waals surface area contributed by atoms with E-state index in [1.165, 1.54) is 0 Å². The summed E-state index contributed by atoms with van der Waals surface area (Å²) in [6.07, 6.45) is 0.586. The number of carbonyl (C=O) groups is 1. The van der Waals surface area contributed by atoms with Crippen LogP contribution in [0.3, 0.4) is 0 Å². The molecule has 0 fully saturated rings. The topological polar surface area (TPSA) is 49.3 Å². The second-order valence-electron chi connectivity index (χ2n) is 5.50. The maximum Gasteiger partial charge on any atom is 0.252 e. The van der Waals surface area contributed by atoms with Gasteiger partial charge in [0.25, 0.3) is 5.91 Å². The molecule has 3 nitrogen and oxygen atoms in total. The lowest BCUT2D eigenvalue weighted by atomic mass is 10.0. The van der Waals surface area contributed by atoms with Crippen LogP contribution in [0.1, 0.15) is 44.5 Å². The van der Waals surface area contributed by atoms with E-state index in [1.54, 1.807) is 11.8 Å². The number of rotatable bonds is 7. The van der Waals surface area contributed by atoms with E-state index in [-0.39, 0.29) is 18.6 Å². The molecule has 1 aromatic rings. The Morgan fingerprint density at radius 1 is 1.25 bits per heavy atom.